The maximum Gasteiger partial charge on any atom is 0.410 e. The van der Waals surface area contributed by atoms with E-state index in [4.69, 9.17) is 0 Å². The molecule has 0 aliphatic rings. The van der Waals surface area contributed by atoms with Crippen LogP contribution in [0, 0.1) is 0 Å². The summed E-state index contributed by atoms with van der Waals surface area (Å²) in [5.74, 6) is -0.394. The Kier molecular flexibility index (Phi) is 4.35. The zero-order valence-corrected chi connectivity index (χ0v) is 9.88. The van der Waals surface area contributed by atoms with Crippen molar-refractivity contribution in [3.05, 3.63) is 29.8 Å². The molecule has 2 N–H and O–H groups in total. The molecule has 1 aromatic rings. The SMILES string of the molecule is NS(=O)(=O)C(c1ccc(OC(F)F)cc1)C(F)(F)F. The molecule has 0 aromatic heterocycles. The van der Waals surface area contributed by atoms with E-state index in [-0.39, 0.29) is 0 Å². The average molecular weight is 305 g/mol. The molecule has 0 saturated heterocycles. The largest absolute Gasteiger partial charge is 0.435 e. The molecule has 0 amide bonds. The fraction of sp³-hybridized carbons (Fsp3) is 0.333. The van der Waals surface area contributed by atoms with Gasteiger partial charge in [-0.15, -0.1) is 0 Å². The first-order valence-electron chi connectivity index (χ1n) is 4.65. The standard InChI is InChI=1S/C9H8F5NO3S/c10-8(11)18-6-3-1-5(2-4-6)7(9(12,13)14)19(15,16)17/h1-4,7-8H,(H2,15,16,17). The van der Waals surface area contributed by atoms with Crippen molar-refractivity contribution in [3.8, 4) is 5.75 Å². The Morgan fingerprint density at radius 3 is 1.89 bits per heavy atom. The van der Waals surface area contributed by atoms with E-state index in [0.29, 0.717) is 12.1 Å². The normalized spacial score (nSPS) is 14.5. The summed E-state index contributed by atoms with van der Waals surface area (Å²) in [4.78, 5) is 0. The van der Waals surface area contributed by atoms with E-state index in [9.17, 15) is 30.4 Å². The highest BCUT2D eigenvalue weighted by Gasteiger charge is 2.48. The lowest BCUT2D eigenvalue weighted by Gasteiger charge is -2.18. The second-order valence-electron chi connectivity index (χ2n) is 3.46. The van der Waals surface area contributed by atoms with E-state index in [0.717, 1.165) is 12.1 Å². The highest BCUT2D eigenvalue weighted by molar-refractivity contribution is 7.89. The quantitative estimate of drug-likeness (QED) is 0.867. The molecule has 19 heavy (non-hydrogen) atoms. The molecule has 1 aromatic carbocycles. The third-order valence-corrected chi connectivity index (χ3v) is 3.23. The Balaban J connectivity index is 3.13. The molecule has 10 heteroatoms. The molecule has 0 fully saturated rings. The Labute approximate surface area is 105 Å². The van der Waals surface area contributed by atoms with Gasteiger partial charge < -0.3 is 4.74 Å². The van der Waals surface area contributed by atoms with Crippen molar-refractivity contribution >= 4 is 10.0 Å². The van der Waals surface area contributed by atoms with Crippen molar-refractivity contribution in [2.75, 3.05) is 0 Å². The van der Waals surface area contributed by atoms with Crippen LogP contribution in [-0.2, 0) is 10.0 Å². The van der Waals surface area contributed by atoms with Crippen LogP contribution in [0.5, 0.6) is 5.75 Å². The van der Waals surface area contributed by atoms with Crippen LogP contribution in [0.25, 0.3) is 0 Å². The van der Waals surface area contributed by atoms with Crippen molar-refractivity contribution < 1.29 is 35.1 Å². The van der Waals surface area contributed by atoms with E-state index in [1.807, 2.05) is 0 Å². The Bertz CT molecular complexity index is 526. The van der Waals surface area contributed by atoms with Crippen LogP contribution < -0.4 is 9.88 Å². The summed E-state index contributed by atoms with van der Waals surface area (Å²) < 4.78 is 87.3. The van der Waals surface area contributed by atoms with Gasteiger partial charge in [-0.25, -0.2) is 13.6 Å². The maximum absolute atomic E-state index is 12.6. The fourth-order valence-corrected chi connectivity index (χ4v) is 2.30. The van der Waals surface area contributed by atoms with Gasteiger partial charge in [-0.2, -0.15) is 22.0 Å². The minimum Gasteiger partial charge on any atom is -0.435 e. The zero-order valence-electron chi connectivity index (χ0n) is 9.06. The minimum absolute atomic E-state index is 0.394. The average Bonchev–Trinajstić information content (AvgIpc) is 2.15. The molecule has 1 rings (SSSR count). The van der Waals surface area contributed by atoms with E-state index in [1.165, 1.54) is 0 Å². The Morgan fingerprint density at radius 2 is 1.58 bits per heavy atom. The second kappa shape index (κ2) is 5.29. The van der Waals surface area contributed by atoms with Crippen molar-refractivity contribution in [1.82, 2.24) is 0 Å². The van der Waals surface area contributed by atoms with E-state index in [1.54, 1.807) is 0 Å². The molecule has 0 bridgehead atoms. The van der Waals surface area contributed by atoms with Crippen LogP contribution in [0.2, 0.25) is 0 Å². The first-order valence-corrected chi connectivity index (χ1v) is 6.26. The van der Waals surface area contributed by atoms with Gasteiger partial charge in [-0.3, -0.25) is 0 Å². The lowest BCUT2D eigenvalue weighted by molar-refractivity contribution is -0.131. The molecule has 0 aliphatic carbocycles. The van der Waals surface area contributed by atoms with Gasteiger partial charge in [0, 0.05) is 0 Å². The first-order chi connectivity index (χ1) is 8.51. The van der Waals surface area contributed by atoms with Crippen LogP contribution in [0.3, 0.4) is 0 Å². The van der Waals surface area contributed by atoms with Gasteiger partial charge in [0.05, 0.1) is 0 Å². The number of primary sulfonamides is 1. The molecule has 1 atom stereocenters. The van der Waals surface area contributed by atoms with Crippen LogP contribution in [-0.4, -0.2) is 21.2 Å². The molecule has 108 valence electrons. The third-order valence-electron chi connectivity index (χ3n) is 2.03. The maximum atomic E-state index is 12.6. The smallest absolute Gasteiger partial charge is 0.410 e. The summed E-state index contributed by atoms with van der Waals surface area (Å²) in [6, 6.07) is 3.01. The second-order valence-corrected chi connectivity index (χ2v) is 5.11. The van der Waals surface area contributed by atoms with Gasteiger partial charge in [0.15, 0.2) is 5.25 Å². The molecule has 0 heterocycles. The number of sulfonamides is 1. The number of ether oxygens (including phenoxy) is 1. The molecular weight excluding hydrogens is 297 g/mol. The fourth-order valence-electron chi connectivity index (χ4n) is 1.39. The molecule has 0 spiro atoms. The Hall–Kier alpha value is -1.42. The van der Waals surface area contributed by atoms with E-state index in [2.05, 4.69) is 9.88 Å². The summed E-state index contributed by atoms with van der Waals surface area (Å²) in [7, 11) is -4.93. The summed E-state index contributed by atoms with van der Waals surface area (Å²) in [6.45, 7) is -3.14. The molecule has 1 unspecified atom stereocenters. The minimum atomic E-state index is -5.11. The number of rotatable bonds is 4. The summed E-state index contributed by atoms with van der Waals surface area (Å²) in [5, 5.41) is 1.60. The number of hydrogen-bond donors (Lipinski definition) is 1. The van der Waals surface area contributed by atoms with E-state index < -0.39 is 39.4 Å². The summed E-state index contributed by atoms with van der Waals surface area (Å²) >= 11 is 0. The monoisotopic (exact) mass is 305 g/mol. The topological polar surface area (TPSA) is 69.4 Å². The number of nitrogens with two attached hydrogens (primary N) is 1. The molecule has 0 radical (unpaired) electrons. The number of hydrogen-bond acceptors (Lipinski definition) is 3. The molecule has 4 nitrogen and oxygen atoms in total. The van der Waals surface area contributed by atoms with Gasteiger partial charge in [-0.1, -0.05) is 12.1 Å². The summed E-state index contributed by atoms with van der Waals surface area (Å²) in [5.41, 5.74) is -0.684. The first kappa shape index (κ1) is 15.6. The van der Waals surface area contributed by atoms with E-state index >= 15 is 0 Å². The lowest BCUT2D eigenvalue weighted by Crippen LogP contribution is -2.33. The van der Waals surface area contributed by atoms with Crippen molar-refractivity contribution in [2.24, 2.45) is 5.14 Å². The van der Waals surface area contributed by atoms with Gasteiger partial charge in [0.1, 0.15) is 5.75 Å². The Morgan fingerprint density at radius 1 is 1.11 bits per heavy atom. The zero-order chi connectivity index (χ0) is 14.8. The van der Waals surface area contributed by atoms with Crippen LogP contribution >= 0.6 is 0 Å². The van der Waals surface area contributed by atoms with Crippen molar-refractivity contribution in [1.29, 1.82) is 0 Å². The predicted molar refractivity (Wildman–Crippen MR) is 55.0 cm³/mol. The molecule has 0 aliphatic heterocycles. The number of halogens is 5. The van der Waals surface area contributed by atoms with Gasteiger partial charge >= 0.3 is 12.8 Å². The van der Waals surface area contributed by atoms with Crippen LogP contribution in [0.15, 0.2) is 24.3 Å². The predicted octanol–water partition coefficient (Wildman–Crippen LogP) is 2.18. The lowest BCUT2D eigenvalue weighted by atomic mass is 10.1. The third kappa shape index (κ3) is 4.31. The van der Waals surface area contributed by atoms with Crippen LogP contribution in [0.4, 0.5) is 22.0 Å². The highest BCUT2D eigenvalue weighted by atomic mass is 32.2. The highest BCUT2D eigenvalue weighted by Crippen LogP contribution is 2.38. The summed E-state index contributed by atoms with van der Waals surface area (Å²) in [6.07, 6.45) is -5.11. The van der Waals surface area contributed by atoms with Crippen molar-refractivity contribution in [3.63, 3.8) is 0 Å². The number of alkyl halides is 5. The molecular formula is C9H8F5NO3S. The van der Waals surface area contributed by atoms with Gasteiger partial charge in [0.2, 0.25) is 10.0 Å². The van der Waals surface area contributed by atoms with Gasteiger partial charge in [-0.05, 0) is 17.7 Å². The van der Waals surface area contributed by atoms with Crippen LogP contribution in [0.1, 0.15) is 10.8 Å². The van der Waals surface area contributed by atoms with Crippen molar-refractivity contribution in [2.45, 2.75) is 18.0 Å². The van der Waals surface area contributed by atoms with Gasteiger partial charge in [0.25, 0.3) is 0 Å². The number of benzene rings is 1. The molecule has 0 saturated carbocycles.